The minimum atomic E-state index is -0.676. The van der Waals surface area contributed by atoms with Crippen LogP contribution in [0.25, 0.3) is 6.08 Å². The molecule has 0 unspecified atom stereocenters. The number of carbonyl (C=O) groups excluding carboxylic acids is 1. The van der Waals surface area contributed by atoms with Gasteiger partial charge in [0.05, 0.1) is 35.1 Å². The van der Waals surface area contributed by atoms with Crippen LogP contribution in [0.15, 0.2) is 82.2 Å². The van der Waals surface area contributed by atoms with E-state index in [1.165, 1.54) is 11.3 Å². The quantitative estimate of drug-likeness (QED) is 0.328. The summed E-state index contributed by atoms with van der Waals surface area (Å²) in [6.45, 7) is 10.2. The van der Waals surface area contributed by atoms with E-state index < -0.39 is 12.0 Å². The van der Waals surface area contributed by atoms with Crippen molar-refractivity contribution in [3.8, 4) is 11.5 Å². The molecular weight excluding hydrogens is 476 g/mol. The Morgan fingerprint density at radius 3 is 2.56 bits per heavy atom. The van der Waals surface area contributed by atoms with Crippen molar-refractivity contribution in [2.45, 2.75) is 26.8 Å². The minimum Gasteiger partial charge on any atom is -0.494 e. The van der Waals surface area contributed by atoms with Gasteiger partial charge in [0, 0.05) is 5.56 Å². The number of hydrogen-bond acceptors (Lipinski definition) is 7. The van der Waals surface area contributed by atoms with Gasteiger partial charge in [0.15, 0.2) is 4.80 Å². The molecule has 0 radical (unpaired) electrons. The summed E-state index contributed by atoms with van der Waals surface area (Å²) >= 11 is 1.27. The van der Waals surface area contributed by atoms with E-state index in [4.69, 9.17) is 14.2 Å². The van der Waals surface area contributed by atoms with Crippen LogP contribution in [0.2, 0.25) is 0 Å². The lowest BCUT2D eigenvalue weighted by molar-refractivity contribution is -0.139. The number of esters is 1. The molecule has 1 aliphatic heterocycles. The summed E-state index contributed by atoms with van der Waals surface area (Å²) in [7, 11) is 0. The SMILES string of the molecule is C=CCOc1ccccc1/C=c1\sc2n(c1=O)[C@H](c1ccc(OCC)cc1)C(C(=O)OCC)=C(C)N=2. The van der Waals surface area contributed by atoms with Crippen LogP contribution in [0.5, 0.6) is 11.5 Å². The Labute approximate surface area is 213 Å². The van der Waals surface area contributed by atoms with Crippen molar-refractivity contribution in [1.82, 2.24) is 4.57 Å². The Balaban J connectivity index is 1.90. The predicted octanol–water partition coefficient (Wildman–Crippen LogP) is 3.76. The first kappa shape index (κ1) is 25.2. The van der Waals surface area contributed by atoms with E-state index in [9.17, 15) is 9.59 Å². The summed E-state index contributed by atoms with van der Waals surface area (Å²) < 4.78 is 18.7. The topological polar surface area (TPSA) is 79.1 Å². The largest absolute Gasteiger partial charge is 0.494 e. The van der Waals surface area contributed by atoms with E-state index in [1.54, 1.807) is 30.6 Å². The van der Waals surface area contributed by atoms with Crippen LogP contribution in [-0.4, -0.2) is 30.4 Å². The molecule has 2 heterocycles. The van der Waals surface area contributed by atoms with Crippen LogP contribution < -0.4 is 24.4 Å². The number of aromatic nitrogens is 1. The van der Waals surface area contributed by atoms with Crippen molar-refractivity contribution < 1.29 is 19.0 Å². The zero-order valence-corrected chi connectivity index (χ0v) is 21.3. The van der Waals surface area contributed by atoms with Crippen LogP contribution in [-0.2, 0) is 9.53 Å². The summed E-state index contributed by atoms with van der Waals surface area (Å²) in [5, 5.41) is 0. The van der Waals surface area contributed by atoms with Gasteiger partial charge in [-0.3, -0.25) is 9.36 Å². The Hall–Kier alpha value is -3.91. The van der Waals surface area contributed by atoms with Gasteiger partial charge >= 0.3 is 5.97 Å². The number of benzene rings is 2. The van der Waals surface area contributed by atoms with E-state index in [0.717, 1.165) is 11.1 Å². The van der Waals surface area contributed by atoms with Gasteiger partial charge in [0.2, 0.25) is 0 Å². The number of carbonyl (C=O) groups is 1. The Morgan fingerprint density at radius 2 is 1.86 bits per heavy atom. The summed E-state index contributed by atoms with van der Waals surface area (Å²) in [5.74, 6) is 0.868. The van der Waals surface area contributed by atoms with Crippen molar-refractivity contribution in [1.29, 1.82) is 0 Å². The maximum atomic E-state index is 13.8. The lowest BCUT2D eigenvalue weighted by atomic mass is 9.96. The molecule has 7 nitrogen and oxygen atoms in total. The molecule has 0 bridgehead atoms. The third-order valence-electron chi connectivity index (χ3n) is 5.59. The molecular formula is C28H28N2O5S. The lowest BCUT2D eigenvalue weighted by Gasteiger charge is -2.24. The standard InChI is InChI=1S/C28H28N2O5S/c1-5-16-35-22-11-9-8-10-20(22)17-23-26(31)30-25(19-12-14-21(15-13-19)33-6-2)24(27(32)34-7-3)18(4)29-28(30)36-23/h5,8-15,17,25H,1,6-7,16H2,2-4H3/b23-17-/t25-/m1/s1. The second-order valence-corrected chi connectivity index (χ2v) is 8.95. The fraction of sp³-hybridized carbons (Fsp3) is 0.250. The molecule has 0 spiro atoms. The van der Waals surface area contributed by atoms with Crippen molar-refractivity contribution >= 4 is 23.4 Å². The van der Waals surface area contributed by atoms with Crippen LogP contribution in [0.1, 0.15) is 37.9 Å². The molecule has 0 saturated heterocycles. The van der Waals surface area contributed by atoms with E-state index in [2.05, 4.69) is 11.6 Å². The van der Waals surface area contributed by atoms with Gasteiger partial charge in [0.25, 0.3) is 5.56 Å². The number of allylic oxidation sites excluding steroid dienone is 1. The molecule has 1 atom stereocenters. The maximum Gasteiger partial charge on any atom is 0.338 e. The summed E-state index contributed by atoms with van der Waals surface area (Å²) in [5.41, 5.74) is 2.15. The monoisotopic (exact) mass is 504 g/mol. The summed E-state index contributed by atoms with van der Waals surface area (Å²) in [6, 6.07) is 14.2. The van der Waals surface area contributed by atoms with Crippen molar-refractivity contribution in [2.75, 3.05) is 19.8 Å². The third-order valence-corrected chi connectivity index (χ3v) is 6.57. The highest BCUT2D eigenvalue weighted by atomic mass is 32.1. The highest BCUT2D eigenvalue weighted by molar-refractivity contribution is 7.07. The average molecular weight is 505 g/mol. The highest BCUT2D eigenvalue weighted by Crippen LogP contribution is 2.31. The fourth-order valence-corrected chi connectivity index (χ4v) is 5.08. The van der Waals surface area contributed by atoms with Crippen molar-refractivity contribution in [3.05, 3.63) is 103 Å². The first-order valence-corrected chi connectivity index (χ1v) is 12.5. The molecule has 0 aliphatic carbocycles. The number of para-hydroxylation sites is 1. The number of thiazole rings is 1. The molecule has 8 heteroatoms. The summed E-state index contributed by atoms with van der Waals surface area (Å²) in [6.07, 6.45) is 3.46. The number of nitrogens with zero attached hydrogens (tertiary/aromatic N) is 2. The van der Waals surface area contributed by atoms with Gasteiger partial charge in [-0.2, -0.15) is 0 Å². The first-order valence-electron chi connectivity index (χ1n) is 11.7. The molecule has 0 saturated carbocycles. The van der Waals surface area contributed by atoms with Gasteiger partial charge in [-0.1, -0.05) is 54.3 Å². The van der Waals surface area contributed by atoms with E-state index in [0.29, 0.717) is 45.3 Å². The number of rotatable bonds is 9. The Morgan fingerprint density at radius 1 is 1.11 bits per heavy atom. The molecule has 186 valence electrons. The molecule has 0 fully saturated rings. The average Bonchev–Trinajstić information content (AvgIpc) is 3.17. The lowest BCUT2D eigenvalue weighted by Crippen LogP contribution is -2.39. The van der Waals surface area contributed by atoms with Gasteiger partial charge in [-0.15, -0.1) is 0 Å². The number of fused-ring (bicyclic) bond motifs is 1. The molecule has 2 aromatic carbocycles. The van der Waals surface area contributed by atoms with Crippen molar-refractivity contribution in [2.24, 2.45) is 4.99 Å². The summed E-state index contributed by atoms with van der Waals surface area (Å²) in [4.78, 5) is 31.9. The molecule has 3 aromatic rings. The molecule has 4 rings (SSSR count). The maximum absolute atomic E-state index is 13.8. The van der Waals surface area contributed by atoms with Gasteiger partial charge in [-0.05, 0) is 50.6 Å². The number of hydrogen-bond donors (Lipinski definition) is 0. The highest BCUT2D eigenvalue weighted by Gasteiger charge is 2.33. The van der Waals surface area contributed by atoms with Crippen LogP contribution in [0, 0.1) is 0 Å². The first-order chi connectivity index (χ1) is 17.5. The third kappa shape index (κ3) is 5.04. The van der Waals surface area contributed by atoms with Crippen LogP contribution in [0.3, 0.4) is 0 Å². The van der Waals surface area contributed by atoms with Crippen LogP contribution in [0.4, 0.5) is 0 Å². The number of ether oxygens (including phenoxy) is 3. The zero-order valence-electron chi connectivity index (χ0n) is 20.5. The zero-order chi connectivity index (χ0) is 25.7. The van der Waals surface area contributed by atoms with E-state index in [1.807, 2.05) is 55.5 Å². The normalized spacial score (nSPS) is 15.2. The smallest absolute Gasteiger partial charge is 0.338 e. The minimum absolute atomic E-state index is 0.220. The Bertz CT molecular complexity index is 1480. The van der Waals surface area contributed by atoms with Gasteiger partial charge < -0.3 is 14.2 Å². The molecule has 0 amide bonds. The van der Waals surface area contributed by atoms with E-state index >= 15 is 0 Å². The second kappa shape index (κ2) is 11.2. The van der Waals surface area contributed by atoms with Gasteiger partial charge in [0.1, 0.15) is 18.1 Å². The van der Waals surface area contributed by atoms with E-state index in [-0.39, 0.29) is 12.2 Å². The predicted molar refractivity (Wildman–Crippen MR) is 140 cm³/mol. The molecule has 0 N–H and O–H groups in total. The molecule has 1 aromatic heterocycles. The van der Waals surface area contributed by atoms with Crippen LogP contribution >= 0.6 is 11.3 Å². The molecule has 36 heavy (non-hydrogen) atoms. The Kier molecular flexibility index (Phi) is 7.85. The van der Waals surface area contributed by atoms with Crippen molar-refractivity contribution in [3.63, 3.8) is 0 Å². The molecule has 1 aliphatic rings. The fourth-order valence-electron chi connectivity index (χ4n) is 4.04. The van der Waals surface area contributed by atoms with Gasteiger partial charge in [-0.25, -0.2) is 9.79 Å². The second-order valence-electron chi connectivity index (χ2n) is 7.94.